The van der Waals surface area contributed by atoms with Crippen molar-refractivity contribution in [3.63, 3.8) is 0 Å². The standard InChI is InChI=1S/C11H12O2/c1-3-4-11(12)13-10-7-5-9(2)6-8-10/h3-8H,1-2H3. The maximum absolute atomic E-state index is 11.0. The van der Waals surface area contributed by atoms with Gasteiger partial charge < -0.3 is 4.74 Å². The monoisotopic (exact) mass is 176 g/mol. The molecular weight excluding hydrogens is 164 g/mol. The molecule has 0 amide bonds. The molecule has 2 heteroatoms. The number of rotatable bonds is 2. The Labute approximate surface area is 77.8 Å². The molecule has 0 aromatic heterocycles. The van der Waals surface area contributed by atoms with Crippen LogP contribution in [0, 0.1) is 6.92 Å². The predicted octanol–water partition coefficient (Wildman–Crippen LogP) is 2.48. The van der Waals surface area contributed by atoms with Crippen molar-refractivity contribution in [3.8, 4) is 5.75 Å². The van der Waals surface area contributed by atoms with Crippen molar-refractivity contribution in [2.24, 2.45) is 0 Å². The van der Waals surface area contributed by atoms with Crippen LogP contribution in [0.15, 0.2) is 36.4 Å². The molecule has 13 heavy (non-hydrogen) atoms. The summed E-state index contributed by atoms with van der Waals surface area (Å²) in [5.74, 6) is 0.236. The smallest absolute Gasteiger partial charge is 0.335 e. The lowest BCUT2D eigenvalue weighted by molar-refractivity contribution is -0.129. The van der Waals surface area contributed by atoms with Crippen LogP contribution in [0.1, 0.15) is 12.5 Å². The lowest BCUT2D eigenvalue weighted by atomic mass is 10.2. The van der Waals surface area contributed by atoms with E-state index >= 15 is 0 Å². The van der Waals surface area contributed by atoms with E-state index in [0.29, 0.717) is 5.75 Å². The summed E-state index contributed by atoms with van der Waals surface area (Å²) in [7, 11) is 0. The summed E-state index contributed by atoms with van der Waals surface area (Å²) in [6.45, 7) is 3.76. The Hall–Kier alpha value is -1.57. The maximum atomic E-state index is 11.0. The van der Waals surface area contributed by atoms with Crippen LogP contribution in [0.2, 0.25) is 0 Å². The minimum Gasteiger partial charge on any atom is -0.423 e. The molecule has 0 N–H and O–H groups in total. The lowest BCUT2D eigenvalue weighted by Crippen LogP contribution is -2.03. The molecule has 0 aliphatic heterocycles. The normalized spacial score (nSPS) is 10.3. The molecule has 0 aliphatic rings. The minimum absolute atomic E-state index is 0.341. The number of hydrogen-bond donors (Lipinski definition) is 0. The fraction of sp³-hybridized carbons (Fsp3) is 0.182. The van der Waals surface area contributed by atoms with Gasteiger partial charge in [0.2, 0.25) is 0 Å². The summed E-state index contributed by atoms with van der Waals surface area (Å²) in [5.41, 5.74) is 1.14. The molecule has 0 saturated carbocycles. The molecule has 0 aliphatic carbocycles. The molecule has 2 nitrogen and oxygen atoms in total. The van der Waals surface area contributed by atoms with E-state index in [-0.39, 0.29) is 5.97 Å². The van der Waals surface area contributed by atoms with Gasteiger partial charge in [0.05, 0.1) is 0 Å². The number of aryl methyl sites for hydroxylation is 1. The van der Waals surface area contributed by atoms with Gasteiger partial charge in [-0.15, -0.1) is 0 Å². The first-order chi connectivity index (χ1) is 6.22. The summed E-state index contributed by atoms with van der Waals surface area (Å²) in [5, 5.41) is 0. The van der Waals surface area contributed by atoms with E-state index in [9.17, 15) is 4.79 Å². The molecule has 0 fully saturated rings. The molecule has 0 spiro atoms. The van der Waals surface area contributed by atoms with E-state index in [2.05, 4.69) is 0 Å². The van der Waals surface area contributed by atoms with Gasteiger partial charge in [-0.25, -0.2) is 4.79 Å². The molecule has 0 unspecified atom stereocenters. The highest BCUT2D eigenvalue weighted by Crippen LogP contribution is 2.11. The Morgan fingerprint density at radius 2 is 1.92 bits per heavy atom. The van der Waals surface area contributed by atoms with E-state index < -0.39 is 0 Å². The summed E-state index contributed by atoms with van der Waals surface area (Å²) < 4.78 is 4.98. The molecule has 0 saturated heterocycles. The third-order valence-electron chi connectivity index (χ3n) is 1.54. The Kier molecular flexibility index (Phi) is 3.26. The van der Waals surface area contributed by atoms with Crippen LogP contribution in [0.5, 0.6) is 5.75 Å². The highest BCUT2D eigenvalue weighted by atomic mass is 16.5. The summed E-state index contributed by atoms with van der Waals surface area (Å²) in [4.78, 5) is 11.0. The van der Waals surface area contributed by atoms with Crippen LogP contribution >= 0.6 is 0 Å². The summed E-state index contributed by atoms with van der Waals surface area (Å²) in [6.07, 6.45) is 3.04. The number of benzene rings is 1. The van der Waals surface area contributed by atoms with E-state index in [1.54, 1.807) is 25.1 Å². The second-order valence-electron chi connectivity index (χ2n) is 2.73. The van der Waals surface area contributed by atoms with E-state index in [4.69, 9.17) is 4.74 Å². The molecule has 0 atom stereocenters. The molecule has 1 aromatic rings. The number of allylic oxidation sites excluding steroid dienone is 1. The van der Waals surface area contributed by atoms with Crippen molar-refractivity contribution < 1.29 is 9.53 Å². The van der Waals surface area contributed by atoms with Crippen LogP contribution in [-0.2, 0) is 4.79 Å². The van der Waals surface area contributed by atoms with Crippen molar-refractivity contribution >= 4 is 5.97 Å². The van der Waals surface area contributed by atoms with Crippen LogP contribution in [0.3, 0.4) is 0 Å². The number of carbonyl (C=O) groups is 1. The molecule has 0 bridgehead atoms. The Bertz CT molecular complexity index is 309. The van der Waals surface area contributed by atoms with Crippen molar-refractivity contribution in [3.05, 3.63) is 42.0 Å². The molecular formula is C11H12O2. The third-order valence-corrected chi connectivity index (χ3v) is 1.54. The Balaban J connectivity index is 2.64. The highest BCUT2D eigenvalue weighted by Gasteiger charge is 1.97. The van der Waals surface area contributed by atoms with Gasteiger partial charge in [0.25, 0.3) is 0 Å². The van der Waals surface area contributed by atoms with Crippen molar-refractivity contribution in [1.29, 1.82) is 0 Å². The first-order valence-electron chi connectivity index (χ1n) is 4.13. The predicted molar refractivity (Wildman–Crippen MR) is 51.6 cm³/mol. The van der Waals surface area contributed by atoms with E-state index in [1.807, 2.05) is 19.1 Å². The zero-order valence-corrected chi connectivity index (χ0v) is 7.78. The second-order valence-corrected chi connectivity index (χ2v) is 2.73. The van der Waals surface area contributed by atoms with Gasteiger partial charge in [-0.2, -0.15) is 0 Å². The van der Waals surface area contributed by atoms with Crippen LogP contribution in [0.4, 0.5) is 0 Å². The summed E-state index contributed by atoms with van der Waals surface area (Å²) in [6, 6.07) is 7.35. The zero-order chi connectivity index (χ0) is 9.68. The average Bonchev–Trinajstić information content (AvgIpc) is 2.09. The molecule has 1 rings (SSSR count). The SMILES string of the molecule is CC=CC(=O)Oc1ccc(C)cc1. The van der Waals surface area contributed by atoms with Gasteiger partial charge in [-0.1, -0.05) is 23.8 Å². The van der Waals surface area contributed by atoms with Crippen LogP contribution < -0.4 is 4.74 Å². The second kappa shape index (κ2) is 4.45. The van der Waals surface area contributed by atoms with E-state index in [1.165, 1.54) is 6.08 Å². The third kappa shape index (κ3) is 3.11. The quantitative estimate of drug-likeness (QED) is 0.393. The fourth-order valence-electron chi connectivity index (χ4n) is 0.893. The van der Waals surface area contributed by atoms with Gasteiger partial charge >= 0.3 is 5.97 Å². The maximum Gasteiger partial charge on any atom is 0.335 e. The molecule has 0 radical (unpaired) electrons. The van der Waals surface area contributed by atoms with Crippen molar-refractivity contribution in [1.82, 2.24) is 0 Å². The molecule has 68 valence electrons. The first kappa shape index (κ1) is 9.52. The zero-order valence-electron chi connectivity index (χ0n) is 7.78. The largest absolute Gasteiger partial charge is 0.423 e. The van der Waals surface area contributed by atoms with Crippen molar-refractivity contribution in [2.75, 3.05) is 0 Å². The lowest BCUT2D eigenvalue weighted by Gasteiger charge is -2.00. The fourth-order valence-corrected chi connectivity index (χ4v) is 0.893. The number of carbonyl (C=O) groups excluding carboxylic acids is 1. The van der Waals surface area contributed by atoms with Crippen LogP contribution in [0.25, 0.3) is 0 Å². The van der Waals surface area contributed by atoms with Crippen LogP contribution in [-0.4, -0.2) is 5.97 Å². The van der Waals surface area contributed by atoms with E-state index in [0.717, 1.165) is 5.56 Å². The average molecular weight is 176 g/mol. The Morgan fingerprint density at radius 3 is 2.46 bits per heavy atom. The number of ether oxygens (including phenoxy) is 1. The topological polar surface area (TPSA) is 26.3 Å². The molecule has 1 aromatic carbocycles. The van der Waals surface area contributed by atoms with Gasteiger partial charge in [0.1, 0.15) is 5.75 Å². The van der Waals surface area contributed by atoms with Gasteiger partial charge in [0, 0.05) is 6.08 Å². The van der Waals surface area contributed by atoms with Gasteiger partial charge in [-0.3, -0.25) is 0 Å². The van der Waals surface area contributed by atoms with Crippen molar-refractivity contribution in [2.45, 2.75) is 13.8 Å². The summed E-state index contributed by atoms with van der Waals surface area (Å²) >= 11 is 0. The Morgan fingerprint density at radius 1 is 1.31 bits per heavy atom. The number of esters is 1. The first-order valence-corrected chi connectivity index (χ1v) is 4.13. The minimum atomic E-state index is -0.341. The number of hydrogen-bond acceptors (Lipinski definition) is 2. The molecule has 0 heterocycles. The van der Waals surface area contributed by atoms with Gasteiger partial charge in [-0.05, 0) is 26.0 Å². The van der Waals surface area contributed by atoms with Gasteiger partial charge in [0.15, 0.2) is 0 Å². The highest BCUT2D eigenvalue weighted by molar-refractivity contribution is 5.83.